The minimum absolute atomic E-state index is 0. The van der Waals surface area contributed by atoms with Crippen molar-refractivity contribution in [2.75, 3.05) is 49.1 Å². The number of rotatable bonds is 18. The molecule has 2 aromatic carbocycles. The Hall–Kier alpha value is -2.73. The first-order chi connectivity index (χ1) is 19.6. The molecule has 0 aromatic heterocycles. The number of hydrogen-bond acceptors (Lipinski definition) is 4. The number of benzene rings is 2. The summed E-state index contributed by atoms with van der Waals surface area (Å²) in [6.07, 6.45) is 15.3. The fourth-order valence-electron chi connectivity index (χ4n) is 5.27. The van der Waals surface area contributed by atoms with Gasteiger partial charge in [0.2, 0.25) is 0 Å². The average molecular weight is 583 g/mol. The lowest BCUT2D eigenvalue weighted by molar-refractivity contribution is 0.612. The highest BCUT2D eigenvalue weighted by molar-refractivity contribution is 5.98. The quantitative estimate of drug-likeness (QED) is 0.108. The molecule has 0 amide bonds. The first-order valence-electron chi connectivity index (χ1n) is 15.9. The summed E-state index contributed by atoms with van der Waals surface area (Å²) in [4.78, 5) is 14.1. The highest BCUT2D eigenvalue weighted by Gasteiger charge is 2.18. The molecule has 0 bridgehead atoms. The second-order valence-electron chi connectivity index (χ2n) is 11.1. The molecule has 1 aliphatic heterocycles. The van der Waals surface area contributed by atoms with E-state index >= 15 is 0 Å². The minimum Gasteiger partial charge on any atom is -0.384 e. The normalized spacial score (nSPS) is 14.3. The summed E-state index contributed by atoms with van der Waals surface area (Å²) >= 11 is 0. The van der Waals surface area contributed by atoms with Crippen LogP contribution in [0.1, 0.15) is 102 Å². The SMILES string of the molecule is CCCCCCCCN=C(N)c1ccc(N2CCN(c3ccc(C(N)=NCCCCCCCC)cc3)CC2)cc1.Cl. The third-order valence-corrected chi connectivity index (χ3v) is 7.92. The number of nitrogens with two attached hydrogens (primary N) is 2. The summed E-state index contributed by atoms with van der Waals surface area (Å²) in [5.41, 5.74) is 17.1. The maximum Gasteiger partial charge on any atom is 0.125 e. The molecule has 0 aliphatic carbocycles. The summed E-state index contributed by atoms with van der Waals surface area (Å²) in [5, 5.41) is 0. The Morgan fingerprint density at radius 1 is 0.537 bits per heavy atom. The van der Waals surface area contributed by atoms with Crippen molar-refractivity contribution in [1.82, 2.24) is 0 Å². The third-order valence-electron chi connectivity index (χ3n) is 7.92. The van der Waals surface area contributed by atoms with Crippen LogP contribution in [-0.2, 0) is 0 Å². The van der Waals surface area contributed by atoms with Crippen LogP contribution in [0.2, 0.25) is 0 Å². The van der Waals surface area contributed by atoms with Crippen molar-refractivity contribution in [3.8, 4) is 0 Å². The van der Waals surface area contributed by atoms with Crippen molar-refractivity contribution in [2.24, 2.45) is 21.5 Å². The van der Waals surface area contributed by atoms with E-state index in [1.165, 1.54) is 75.6 Å². The van der Waals surface area contributed by atoms with Crippen molar-refractivity contribution >= 4 is 35.5 Å². The standard InChI is InChI=1S/C34H54N6.ClH/c1-3-5-7-9-11-13-23-37-33(35)29-15-19-31(20-16-29)39-25-27-40(28-26-39)32-21-17-30(18-22-32)34(36)38-24-14-12-10-8-6-4-2;/h15-22H,3-14,23-28H2,1-2H3,(H2,35,37)(H2,36,38);1H. The van der Waals surface area contributed by atoms with Gasteiger partial charge in [0.1, 0.15) is 11.7 Å². The van der Waals surface area contributed by atoms with Crippen molar-refractivity contribution in [2.45, 2.75) is 90.9 Å². The molecule has 1 heterocycles. The van der Waals surface area contributed by atoms with Crippen molar-refractivity contribution in [1.29, 1.82) is 0 Å². The zero-order valence-electron chi connectivity index (χ0n) is 25.7. The molecule has 0 atom stereocenters. The molecule has 1 fully saturated rings. The average Bonchev–Trinajstić information content (AvgIpc) is 3.00. The highest BCUT2D eigenvalue weighted by Crippen LogP contribution is 2.22. The van der Waals surface area contributed by atoms with Gasteiger partial charge in [-0.3, -0.25) is 9.98 Å². The van der Waals surface area contributed by atoms with Crippen LogP contribution < -0.4 is 21.3 Å². The van der Waals surface area contributed by atoms with E-state index in [1.54, 1.807) is 0 Å². The molecule has 7 heteroatoms. The molecule has 228 valence electrons. The molecular formula is C34H55ClN6. The van der Waals surface area contributed by atoms with Gasteiger partial charge in [-0.05, 0) is 61.4 Å². The molecular weight excluding hydrogens is 528 g/mol. The molecule has 1 aliphatic rings. The Morgan fingerprint density at radius 2 is 0.854 bits per heavy atom. The number of halogens is 1. The fourth-order valence-corrected chi connectivity index (χ4v) is 5.27. The zero-order valence-corrected chi connectivity index (χ0v) is 26.5. The first kappa shape index (κ1) is 34.5. The number of amidine groups is 2. The number of unbranched alkanes of at least 4 members (excludes halogenated alkanes) is 10. The van der Waals surface area contributed by atoms with Gasteiger partial charge in [-0.1, -0.05) is 78.1 Å². The predicted molar refractivity (Wildman–Crippen MR) is 182 cm³/mol. The fraction of sp³-hybridized carbons (Fsp3) is 0.588. The molecule has 41 heavy (non-hydrogen) atoms. The second-order valence-corrected chi connectivity index (χ2v) is 11.1. The molecule has 6 nitrogen and oxygen atoms in total. The summed E-state index contributed by atoms with van der Waals surface area (Å²) in [6.45, 7) is 10.1. The Balaban J connectivity index is 0.00000588. The van der Waals surface area contributed by atoms with E-state index in [0.29, 0.717) is 11.7 Å². The van der Waals surface area contributed by atoms with Crippen LogP contribution in [-0.4, -0.2) is 50.9 Å². The van der Waals surface area contributed by atoms with Crippen molar-refractivity contribution < 1.29 is 0 Å². The maximum absolute atomic E-state index is 6.26. The summed E-state index contributed by atoms with van der Waals surface area (Å²) in [7, 11) is 0. The molecule has 0 saturated carbocycles. The lowest BCUT2D eigenvalue weighted by Crippen LogP contribution is -2.46. The first-order valence-corrected chi connectivity index (χ1v) is 15.9. The topological polar surface area (TPSA) is 83.2 Å². The van der Waals surface area contributed by atoms with Crippen LogP contribution in [0.15, 0.2) is 58.5 Å². The van der Waals surface area contributed by atoms with Gasteiger partial charge in [-0.2, -0.15) is 0 Å². The summed E-state index contributed by atoms with van der Waals surface area (Å²) < 4.78 is 0. The molecule has 4 N–H and O–H groups in total. The lowest BCUT2D eigenvalue weighted by Gasteiger charge is -2.37. The van der Waals surface area contributed by atoms with Crippen molar-refractivity contribution in [3.05, 3.63) is 59.7 Å². The molecule has 1 saturated heterocycles. The van der Waals surface area contributed by atoms with E-state index < -0.39 is 0 Å². The predicted octanol–water partition coefficient (Wildman–Crippen LogP) is 7.57. The lowest BCUT2D eigenvalue weighted by atomic mass is 10.1. The van der Waals surface area contributed by atoms with Gasteiger partial charge >= 0.3 is 0 Å². The number of aliphatic imine (C=N–C) groups is 2. The van der Waals surface area contributed by atoms with Crippen LogP contribution in [0.25, 0.3) is 0 Å². The summed E-state index contributed by atoms with van der Waals surface area (Å²) in [6, 6.07) is 17.2. The van der Waals surface area contributed by atoms with Crippen LogP contribution >= 0.6 is 12.4 Å². The number of piperazine rings is 1. The van der Waals surface area contributed by atoms with Crippen LogP contribution in [0.3, 0.4) is 0 Å². The molecule has 0 radical (unpaired) electrons. The van der Waals surface area contributed by atoms with Gasteiger partial charge in [0.05, 0.1) is 0 Å². The van der Waals surface area contributed by atoms with Gasteiger partial charge in [0.25, 0.3) is 0 Å². The molecule has 2 aromatic rings. The molecule has 0 unspecified atom stereocenters. The molecule has 3 rings (SSSR count). The monoisotopic (exact) mass is 582 g/mol. The van der Waals surface area contributed by atoms with Gasteiger partial charge in [-0.25, -0.2) is 0 Å². The Bertz CT molecular complexity index is 927. The van der Waals surface area contributed by atoms with E-state index in [-0.39, 0.29) is 12.4 Å². The second kappa shape index (κ2) is 20.2. The Labute approximate surface area is 256 Å². The Kier molecular flexibility index (Phi) is 17.0. The minimum atomic E-state index is 0. The van der Waals surface area contributed by atoms with Crippen LogP contribution in [0.4, 0.5) is 11.4 Å². The summed E-state index contributed by atoms with van der Waals surface area (Å²) in [5.74, 6) is 1.31. The zero-order chi connectivity index (χ0) is 28.4. The number of hydrogen-bond donors (Lipinski definition) is 2. The molecule has 0 spiro atoms. The van der Waals surface area contributed by atoms with Gasteiger partial charge < -0.3 is 21.3 Å². The van der Waals surface area contributed by atoms with E-state index in [1.807, 2.05) is 0 Å². The Morgan fingerprint density at radius 3 is 1.20 bits per heavy atom. The van der Waals surface area contributed by atoms with Crippen LogP contribution in [0, 0.1) is 0 Å². The van der Waals surface area contributed by atoms with E-state index in [9.17, 15) is 0 Å². The van der Waals surface area contributed by atoms with E-state index in [2.05, 4.69) is 82.2 Å². The highest BCUT2D eigenvalue weighted by atomic mass is 35.5. The van der Waals surface area contributed by atoms with E-state index in [0.717, 1.165) is 63.2 Å². The van der Waals surface area contributed by atoms with Crippen molar-refractivity contribution in [3.63, 3.8) is 0 Å². The maximum atomic E-state index is 6.26. The largest absolute Gasteiger partial charge is 0.384 e. The van der Waals surface area contributed by atoms with Gasteiger partial charge in [-0.15, -0.1) is 12.4 Å². The smallest absolute Gasteiger partial charge is 0.125 e. The third kappa shape index (κ3) is 12.4. The van der Waals surface area contributed by atoms with Gasteiger partial charge in [0, 0.05) is 61.8 Å². The van der Waals surface area contributed by atoms with Gasteiger partial charge in [0.15, 0.2) is 0 Å². The number of anilines is 2. The van der Waals surface area contributed by atoms with E-state index in [4.69, 9.17) is 11.5 Å². The number of nitrogens with zero attached hydrogens (tertiary/aromatic N) is 4. The van der Waals surface area contributed by atoms with Crippen LogP contribution in [0.5, 0.6) is 0 Å².